The number of allylic oxidation sites excluding steroid dienone is 1. The maximum atomic E-state index is 2.35. The molecule has 0 spiro atoms. The van der Waals surface area contributed by atoms with Gasteiger partial charge < -0.3 is 0 Å². The van der Waals surface area contributed by atoms with Gasteiger partial charge in [-0.15, -0.1) is 0 Å². The third-order valence-electron chi connectivity index (χ3n) is 3.45. The number of hydrogen-bond acceptors (Lipinski definition) is 0. The molecule has 18 heavy (non-hydrogen) atoms. The highest BCUT2D eigenvalue weighted by atomic mass is 28.2. The molecule has 3 rings (SSSR count). The van der Waals surface area contributed by atoms with Crippen LogP contribution in [-0.4, -0.2) is 9.52 Å². The fraction of sp³-hybridized carbons (Fsp3) is 0.118. The Kier molecular flexibility index (Phi) is 2.92. The second-order valence-corrected chi connectivity index (χ2v) is 7.05. The molecule has 0 saturated heterocycles. The molecule has 1 aliphatic carbocycles. The van der Waals surface area contributed by atoms with Crippen LogP contribution in [0.25, 0.3) is 6.08 Å². The van der Waals surface area contributed by atoms with Crippen molar-refractivity contribution in [3.05, 3.63) is 76.3 Å². The van der Waals surface area contributed by atoms with Crippen molar-refractivity contribution in [2.75, 3.05) is 0 Å². The molecule has 1 radical (unpaired) electrons. The quantitative estimate of drug-likeness (QED) is 0.718. The molecule has 0 heterocycles. The van der Waals surface area contributed by atoms with E-state index in [0.29, 0.717) is 0 Å². The van der Waals surface area contributed by atoms with Gasteiger partial charge in [-0.2, -0.15) is 0 Å². The highest BCUT2D eigenvalue weighted by molar-refractivity contribution is 6.61. The minimum Gasteiger partial charge on any atom is -0.0755 e. The summed E-state index contributed by atoms with van der Waals surface area (Å²) < 4.78 is 0. The predicted molar refractivity (Wildman–Crippen MR) is 81.9 cm³/mol. The predicted octanol–water partition coefficient (Wildman–Crippen LogP) is 2.70. The molecule has 0 N–H and O–H groups in total. The third-order valence-corrected chi connectivity index (χ3v) is 5.26. The van der Waals surface area contributed by atoms with Crippen molar-refractivity contribution < 1.29 is 0 Å². The Hall–Kier alpha value is -1.60. The zero-order valence-electron chi connectivity index (χ0n) is 10.9. The summed E-state index contributed by atoms with van der Waals surface area (Å²) in [5.41, 5.74) is 7.16. The van der Waals surface area contributed by atoms with Crippen LogP contribution in [0.4, 0.5) is 0 Å². The van der Waals surface area contributed by atoms with Crippen molar-refractivity contribution in [2.24, 2.45) is 0 Å². The topological polar surface area (TPSA) is 0 Å². The van der Waals surface area contributed by atoms with Crippen molar-refractivity contribution in [2.45, 2.75) is 13.8 Å². The molecule has 0 bridgehead atoms. The molecule has 1 aliphatic rings. The van der Waals surface area contributed by atoms with E-state index in [0.717, 1.165) is 0 Å². The van der Waals surface area contributed by atoms with Gasteiger partial charge in [-0.3, -0.25) is 0 Å². The van der Waals surface area contributed by atoms with E-state index in [1.807, 2.05) is 0 Å². The van der Waals surface area contributed by atoms with Gasteiger partial charge in [0.2, 0.25) is 0 Å². The Bertz CT molecular complexity index is 591. The van der Waals surface area contributed by atoms with E-state index >= 15 is 0 Å². The molecule has 0 saturated carbocycles. The maximum absolute atomic E-state index is 2.35. The Balaban J connectivity index is 1.88. The molecule has 0 atom stereocenters. The number of fused-ring (bicyclic) bond motifs is 1. The van der Waals surface area contributed by atoms with E-state index in [9.17, 15) is 0 Å². The Morgan fingerprint density at radius 3 is 2.33 bits per heavy atom. The van der Waals surface area contributed by atoms with Crippen LogP contribution in [0.15, 0.2) is 48.5 Å². The lowest BCUT2D eigenvalue weighted by Crippen LogP contribution is -2.21. The molecule has 0 unspecified atom stereocenters. The van der Waals surface area contributed by atoms with E-state index in [1.165, 1.54) is 22.3 Å². The van der Waals surface area contributed by atoms with Crippen LogP contribution in [0.5, 0.6) is 0 Å². The fourth-order valence-corrected chi connectivity index (χ4v) is 4.80. The number of aryl methyl sites for hydroxylation is 2. The van der Waals surface area contributed by atoms with Gasteiger partial charge in [-0.1, -0.05) is 70.9 Å². The van der Waals surface area contributed by atoms with Crippen molar-refractivity contribution >= 4 is 20.8 Å². The second-order valence-electron chi connectivity index (χ2n) is 5.12. The molecule has 0 fully saturated rings. The summed E-state index contributed by atoms with van der Waals surface area (Å²) in [4.78, 5) is 0. The minimum absolute atomic E-state index is 0.357. The smallest absolute Gasteiger partial charge is 0.0721 e. The van der Waals surface area contributed by atoms with Crippen molar-refractivity contribution in [1.82, 2.24) is 0 Å². The number of rotatable bonds is 2. The lowest BCUT2D eigenvalue weighted by atomic mass is 10.1. The summed E-state index contributed by atoms with van der Waals surface area (Å²) in [6, 6.07) is 15.7. The molecule has 89 valence electrons. The van der Waals surface area contributed by atoms with E-state index in [2.05, 4.69) is 68.5 Å². The lowest BCUT2D eigenvalue weighted by molar-refractivity contribution is 1.40. The van der Waals surface area contributed by atoms with Crippen molar-refractivity contribution in [3.8, 4) is 0 Å². The highest BCUT2D eigenvalue weighted by Gasteiger charge is 2.18. The van der Waals surface area contributed by atoms with Crippen molar-refractivity contribution in [1.29, 1.82) is 0 Å². The largest absolute Gasteiger partial charge is 0.0755 e. The third kappa shape index (κ3) is 2.18. The molecule has 0 aromatic heterocycles. The van der Waals surface area contributed by atoms with Crippen LogP contribution in [0, 0.1) is 19.4 Å². The zero-order valence-corrected chi connectivity index (χ0v) is 12.3. The van der Waals surface area contributed by atoms with Gasteiger partial charge in [0.15, 0.2) is 0 Å². The lowest BCUT2D eigenvalue weighted by Gasteiger charge is -2.11. The van der Waals surface area contributed by atoms with Crippen LogP contribution in [0.1, 0.15) is 22.3 Å². The molecule has 2 aromatic rings. The first kappa shape index (κ1) is 11.5. The molecule has 0 aliphatic heterocycles. The van der Waals surface area contributed by atoms with Gasteiger partial charge in [-0.05, 0) is 25.0 Å². The molecule has 0 nitrogen and oxygen atoms in total. The number of benzene rings is 2. The van der Waals surface area contributed by atoms with E-state index in [-0.39, 0.29) is 9.52 Å². The van der Waals surface area contributed by atoms with E-state index < -0.39 is 0 Å². The Morgan fingerprint density at radius 1 is 0.833 bits per heavy atom. The molecular weight excluding hydrogens is 232 g/mol. The van der Waals surface area contributed by atoms with Crippen LogP contribution in [0.2, 0.25) is 0 Å². The summed E-state index contributed by atoms with van der Waals surface area (Å²) in [6.07, 6.45) is 4.56. The summed E-state index contributed by atoms with van der Waals surface area (Å²) in [5.74, 6) is 0. The number of hydrogen-bond donors (Lipinski definition) is 0. The Morgan fingerprint density at radius 2 is 1.56 bits per heavy atom. The van der Waals surface area contributed by atoms with E-state index in [4.69, 9.17) is 0 Å². The average Bonchev–Trinajstić information content (AvgIpc) is 2.72. The molecule has 0 amide bonds. The molecular formula is C17H17Si. The van der Waals surface area contributed by atoms with Gasteiger partial charge in [0.25, 0.3) is 0 Å². The van der Waals surface area contributed by atoms with Crippen LogP contribution >= 0.6 is 0 Å². The van der Waals surface area contributed by atoms with Crippen LogP contribution in [0.3, 0.4) is 0 Å². The molecule has 1 heteroatoms. The fourth-order valence-electron chi connectivity index (χ4n) is 2.76. The summed E-state index contributed by atoms with van der Waals surface area (Å²) in [5, 5.41) is 1.55. The van der Waals surface area contributed by atoms with Gasteiger partial charge >= 0.3 is 0 Å². The average molecular weight is 249 g/mol. The van der Waals surface area contributed by atoms with Gasteiger partial charge in [0.05, 0.1) is 9.52 Å². The first-order chi connectivity index (χ1) is 8.72. The monoisotopic (exact) mass is 249 g/mol. The summed E-state index contributed by atoms with van der Waals surface area (Å²) >= 11 is 0. The second kappa shape index (κ2) is 4.58. The minimum atomic E-state index is -0.357. The van der Waals surface area contributed by atoms with Crippen LogP contribution < -0.4 is 5.19 Å². The first-order valence-electron chi connectivity index (χ1n) is 6.43. The normalized spacial score (nSPS) is 14.6. The van der Waals surface area contributed by atoms with Gasteiger partial charge in [0, 0.05) is 5.54 Å². The SMILES string of the molecule is Cc1cc(C)cc([SiH2][C]2C=Cc3ccccc32)c1. The maximum Gasteiger partial charge on any atom is 0.0721 e. The van der Waals surface area contributed by atoms with Crippen LogP contribution in [-0.2, 0) is 0 Å². The van der Waals surface area contributed by atoms with E-state index in [1.54, 1.807) is 10.7 Å². The van der Waals surface area contributed by atoms with Crippen molar-refractivity contribution in [3.63, 3.8) is 0 Å². The highest BCUT2D eigenvalue weighted by Crippen LogP contribution is 2.27. The molecule has 2 aromatic carbocycles. The Labute approximate surface area is 111 Å². The summed E-state index contributed by atoms with van der Waals surface area (Å²) in [6.45, 7) is 4.38. The first-order valence-corrected chi connectivity index (χ1v) is 7.84. The standard InChI is InChI=1S/C17H17Si/c1-12-9-13(2)11-15(10-12)18-17-8-7-14-5-3-4-6-16(14)17/h3-11H,18H2,1-2H3. The van der Waals surface area contributed by atoms with Gasteiger partial charge in [-0.25, -0.2) is 0 Å². The zero-order chi connectivity index (χ0) is 12.5. The summed E-state index contributed by atoms with van der Waals surface area (Å²) in [7, 11) is -0.357. The van der Waals surface area contributed by atoms with Gasteiger partial charge in [0.1, 0.15) is 0 Å².